The van der Waals surface area contributed by atoms with Gasteiger partial charge in [0, 0.05) is 23.0 Å². The predicted molar refractivity (Wildman–Crippen MR) is 280 cm³/mol. The third-order valence-corrected chi connectivity index (χ3v) is 13.7. The molecule has 1 aliphatic carbocycles. The summed E-state index contributed by atoms with van der Waals surface area (Å²) >= 11 is 0. The molecule has 0 saturated carbocycles. The molecule has 3 aromatic heterocycles. The van der Waals surface area contributed by atoms with Gasteiger partial charge in [-0.2, -0.15) is 0 Å². The van der Waals surface area contributed by atoms with Crippen molar-refractivity contribution in [2.45, 2.75) is 71.1 Å². The molecule has 0 N–H and O–H groups in total. The second-order valence-corrected chi connectivity index (χ2v) is 20.2. The zero-order valence-electron chi connectivity index (χ0n) is 49.0. The van der Waals surface area contributed by atoms with Crippen LogP contribution < -0.4 is 9.30 Å². The molecule has 0 unspecified atom stereocenters. The lowest BCUT2D eigenvalue weighted by atomic mass is 9.62. The molecule has 1 aliphatic rings. The predicted octanol–water partition coefficient (Wildman–Crippen LogP) is 15.7. The Morgan fingerprint density at radius 3 is 2.01 bits per heavy atom. The van der Waals surface area contributed by atoms with E-state index in [4.69, 9.17) is 17.9 Å². The standard InChI is InChI=1S/C63H54N4O/c1-61(2,3)43-33-34-64-57(35-43)67-54-30-15-14-25-49(54)50-32-31-46(37-55(50)67)68-45-24-16-23-44(36-45)65-40-66(56-38-53-58-51(60(56)65)28-18-29-52(58)62(4,5)39-63(53,6)7)59-47(41-19-10-8-11-20-41)26-17-27-48(59)42-21-12-9-13-22-42/h8-38H,39H2,1-7H3/i8D,9D,10D,11D,12D,13D,19D,20D,21D,22D. The lowest BCUT2D eigenvalue weighted by Gasteiger charge is -2.42. The molecule has 0 saturated heterocycles. The fourth-order valence-electron chi connectivity index (χ4n) is 10.9. The molecular formula is C63H54N4O. The maximum absolute atomic E-state index is 9.28. The molecule has 5 nitrogen and oxygen atoms in total. The Kier molecular flexibility index (Phi) is 7.25. The number of para-hydroxylation sites is 2. The molecule has 0 spiro atoms. The number of fused-ring (bicyclic) bond motifs is 5. The third-order valence-electron chi connectivity index (χ3n) is 13.7. The van der Waals surface area contributed by atoms with E-state index in [9.17, 15) is 5.48 Å². The molecule has 0 radical (unpaired) electrons. The Labute approximate surface area is 412 Å². The van der Waals surface area contributed by atoms with Crippen LogP contribution in [0.4, 0.5) is 0 Å². The van der Waals surface area contributed by atoms with Crippen LogP contribution in [-0.4, -0.2) is 14.1 Å². The van der Waals surface area contributed by atoms with Gasteiger partial charge < -0.3 is 4.74 Å². The first-order chi connectivity index (χ1) is 37.0. The summed E-state index contributed by atoms with van der Waals surface area (Å²) in [6.45, 7) is 15.6. The molecule has 0 atom stereocenters. The average Bonchev–Trinajstić information content (AvgIpc) is 3.38. The fourth-order valence-corrected chi connectivity index (χ4v) is 10.9. The minimum atomic E-state index is -0.563. The summed E-state index contributed by atoms with van der Waals surface area (Å²) in [6, 6.07) is 34.5. The largest absolute Gasteiger partial charge is 0.458 e. The maximum atomic E-state index is 9.28. The number of aromatic nitrogens is 4. The van der Waals surface area contributed by atoms with Crippen LogP contribution >= 0.6 is 0 Å². The van der Waals surface area contributed by atoms with Crippen molar-refractivity contribution in [3.05, 3.63) is 211 Å². The Balaban J connectivity index is 1.13. The molecule has 0 aliphatic heterocycles. The number of hydrogen-bond acceptors (Lipinski definition) is 2. The minimum absolute atomic E-state index is 0.0998. The van der Waals surface area contributed by atoms with Crippen LogP contribution in [0.25, 0.3) is 83.1 Å². The van der Waals surface area contributed by atoms with E-state index in [1.807, 2.05) is 59.3 Å². The second-order valence-electron chi connectivity index (χ2n) is 20.2. The molecule has 0 bridgehead atoms. The highest BCUT2D eigenvalue weighted by atomic mass is 16.5. The minimum Gasteiger partial charge on any atom is -0.458 e. The van der Waals surface area contributed by atoms with Crippen molar-refractivity contribution in [2.75, 3.05) is 0 Å². The van der Waals surface area contributed by atoms with E-state index in [-0.39, 0.29) is 44.2 Å². The zero-order chi connectivity index (χ0) is 55.2. The summed E-state index contributed by atoms with van der Waals surface area (Å²) < 4.78 is 102. The fraction of sp³-hybridized carbons (Fsp3) is 0.175. The summed E-state index contributed by atoms with van der Waals surface area (Å²) in [7, 11) is 0. The van der Waals surface area contributed by atoms with Gasteiger partial charge in [0.15, 0.2) is 0 Å². The first-order valence-corrected chi connectivity index (χ1v) is 23.0. The number of ether oxygens (including phenoxy) is 1. The van der Waals surface area contributed by atoms with Crippen LogP contribution in [-0.2, 0) is 16.2 Å². The number of imidazole rings is 1. The van der Waals surface area contributed by atoms with E-state index in [1.165, 1.54) is 5.56 Å². The molecule has 0 amide bonds. The normalized spacial score (nSPS) is 16.3. The highest BCUT2D eigenvalue weighted by Crippen LogP contribution is 2.51. The topological polar surface area (TPSA) is 35.9 Å². The van der Waals surface area contributed by atoms with E-state index in [0.717, 1.165) is 61.5 Å². The summed E-state index contributed by atoms with van der Waals surface area (Å²) in [5.41, 5.74) is 6.95. The van der Waals surface area contributed by atoms with Gasteiger partial charge in [0.2, 0.25) is 0 Å². The van der Waals surface area contributed by atoms with Gasteiger partial charge in [-0.15, -0.1) is 0 Å². The molecule has 0 fully saturated rings. The van der Waals surface area contributed by atoms with Crippen LogP contribution in [0.2, 0.25) is 0 Å². The second kappa shape index (κ2) is 15.4. The first kappa shape index (κ1) is 32.0. The number of nitrogens with zero attached hydrogens (tertiary/aromatic N) is 4. The molecule has 11 aromatic rings. The Morgan fingerprint density at radius 2 is 1.28 bits per heavy atom. The van der Waals surface area contributed by atoms with Gasteiger partial charge in [-0.3, -0.25) is 13.7 Å². The van der Waals surface area contributed by atoms with Gasteiger partial charge in [-0.1, -0.05) is 170 Å². The Morgan fingerprint density at radius 1 is 0.632 bits per heavy atom. The van der Waals surface area contributed by atoms with Crippen LogP contribution in [0.15, 0.2) is 188 Å². The summed E-state index contributed by atoms with van der Waals surface area (Å²) in [6.07, 6.45) is 6.34. The summed E-state index contributed by atoms with van der Waals surface area (Å²) in [5, 5.41) is 4.13. The van der Waals surface area contributed by atoms with E-state index in [1.54, 1.807) is 22.8 Å². The number of rotatable bonds is 7. The average molecular weight is 893 g/mol. The van der Waals surface area contributed by atoms with Gasteiger partial charge in [-0.05, 0) is 127 Å². The molecule has 8 aromatic carbocycles. The van der Waals surface area contributed by atoms with Crippen molar-refractivity contribution < 1.29 is 23.0 Å². The molecular weight excluding hydrogens is 829 g/mol. The van der Waals surface area contributed by atoms with Crippen molar-refractivity contribution in [2.24, 2.45) is 0 Å². The van der Waals surface area contributed by atoms with Crippen molar-refractivity contribution in [1.82, 2.24) is 14.1 Å². The third kappa shape index (κ3) is 6.74. The van der Waals surface area contributed by atoms with Crippen molar-refractivity contribution in [1.29, 1.82) is 0 Å². The molecule has 5 heteroatoms. The smallest absolute Gasteiger partial charge is 0.269 e. The molecule has 3 heterocycles. The van der Waals surface area contributed by atoms with Crippen molar-refractivity contribution >= 4 is 43.6 Å². The van der Waals surface area contributed by atoms with E-state index >= 15 is 0 Å². The summed E-state index contributed by atoms with van der Waals surface area (Å²) in [4.78, 5) is 4.87. The van der Waals surface area contributed by atoms with Crippen molar-refractivity contribution in [3.63, 3.8) is 0 Å². The number of hydrogen-bond donors (Lipinski definition) is 0. The van der Waals surface area contributed by atoms with Crippen LogP contribution in [0.5, 0.6) is 11.5 Å². The lowest BCUT2D eigenvalue weighted by molar-refractivity contribution is -0.571. The van der Waals surface area contributed by atoms with Gasteiger partial charge in [-0.25, -0.2) is 4.98 Å². The highest BCUT2D eigenvalue weighted by molar-refractivity contribution is 6.10. The van der Waals surface area contributed by atoms with Gasteiger partial charge >= 0.3 is 0 Å². The molecule has 12 rings (SSSR count). The number of benzene rings is 8. The molecule has 332 valence electrons. The maximum Gasteiger partial charge on any atom is 0.269 e. The Bertz CT molecular complexity index is 4250. The van der Waals surface area contributed by atoms with Gasteiger partial charge in [0.25, 0.3) is 6.33 Å². The van der Waals surface area contributed by atoms with E-state index in [2.05, 4.69) is 114 Å². The van der Waals surface area contributed by atoms with Gasteiger partial charge in [0.05, 0.1) is 47.1 Å². The number of pyridine rings is 1. The quantitative estimate of drug-likeness (QED) is 0.118. The van der Waals surface area contributed by atoms with E-state index in [0.29, 0.717) is 22.7 Å². The van der Waals surface area contributed by atoms with Crippen molar-refractivity contribution in [3.8, 4) is 50.9 Å². The van der Waals surface area contributed by atoms with Gasteiger partial charge in [0.1, 0.15) is 17.3 Å². The highest BCUT2D eigenvalue weighted by Gasteiger charge is 2.40. The zero-order valence-corrected chi connectivity index (χ0v) is 39.0. The van der Waals surface area contributed by atoms with E-state index < -0.39 is 60.4 Å². The Hall–Kier alpha value is -7.76. The lowest BCUT2D eigenvalue weighted by Crippen LogP contribution is -2.35. The SMILES string of the molecule is [2H]c1c([2H])c([2H])c(-c2cccc(-c3c([2H])c([2H])c([2H])c([2H])c3[2H])c2-[n+]2[c-]n(-c3cccc(Oc4ccc5c6ccccc6n(-c6cc(C(C)(C)C)ccn6)c5c4)c3)c3c4cccc5c4c(cc32)C(C)(C)CC5(C)C)c([2H])c1[2H]. The summed E-state index contributed by atoms with van der Waals surface area (Å²) in [5.74, 6) is 1.91. The van der Waals surface area contributed by atoms with Crippen LogP contribution in [0, 0.1) is 6.33 Å². The van der Waals surface area contributed by atoms with Crippen LogP contribution in [0.1, 0.15) is 85.3 Å². The van der Waals surface area contributed by atoms with Crippen LogP contribution in [0.3, 0.4) is 0 Å². The molecule has 68 heavy (non-hydrogen) atoms. The monoisotopic (exact) mass is 892 g/mol. The first-order valence-electron chi connectivity index (χ1n) is 28.0.